The molecule has 36 heavy (non-hydrogen) atoms. The number of nitrogens with zero attached hydrogens (tertiary/aromatic N) is 3. The lowest BCUT2D eigenvalue weighted by atomic mass is 10.0. The van der Waals surface area contributed by atoms with E-state index in [-0.39, 0.29) is 28.0 Å². The van der Waals surface area contributed by atoms with Crippen molar-refractivity contribution in [1.29, 1.82) is 0 Å². The van der Waals surface area contributed by atoms with Crippen molar-refractivity contribution in [2.75, 3.05) is 17.8 Å². The molecule has 1 amide bonds. The quantitative estimate of drug-likeness (QED) is 0.161. The van der Waals surface area contributed by atoms with Gasteiger partial charge in [0.2, 0.25) is 11.1 Å². The summed E-state index contributed by atoms with van der Waals surface area (Å²) in [5.74, 6) is 0.366. The molecular formula is C25H26ClN4O5S+. The Kier molecular flexibility index (Phi) is 7.65. The summed E-state index contributed by atoms with van der Waals surface area (Å²) in [6, 6.07) is 10.2. The molecule has 1 atom stereocenters. The molecule has 3 aromatic rings. The SMILES string of the molecule is CCCCSc1n[n+]2c(c(=O)[nH]1)-c1ccccc1N(C(C)=O)[C@H]2c1cc(OC)c(OC(C)=O)cc1Cl. The van der Waals surface area contributed by atoms with Gasteiger partial charge in [-0.2, -0.15) is 0 Å². The molecule has 0 saturated heterocycles. The number of thioether (sulfide) groups is 1. The Bertz CT molecular complexity index is 1390. The molecule has 188 valence electrons. The number of H-pyrrole nitrogens is 1. The first-order valence-electron chi connectivity index (χ1n) is 11.4. The molecule has 2 heterocycles. The number of aromatic amines is 1. The third kappa shape index (κ3) is 4.83. The Balaban J connectivity index is 2.00. The van der Waals surface area contributed by atoms with E-state index in [0.717, 1.165) is 18.6 Å². The van der Waals surface area contributed by atoms with Crippen molar-refractivity contribution in [2.45, 2.75) is 44.9 Å². The number of halogens is 1. The first-order valence-corrected chi connectivity index (χ1v) is 12.8. The molecule has 1 aromatic heterocycles. The van der Waals surface area contributed by atoms with Crippen LogP contribution < -0.4 is 24.6 Å². The lowest BCUT2D eigenvalue weighted by molar-refractivity contribution is -0.763. The van der Waals surface area contributed by atoms with Crippen molar-refractivity contribution >= 4 is 40.9 Å². The summed E-state index contributed by atoms with van der Waals surface area (Å²) in [7, 11) is 1.44. The number of hydrogen-bond acceptors (Lipinski definition) is 7. The Morgan fingerprint density at radius 1 is 1.22 bits per heavy atom. The number of rotatable bonds is 7. The number of hydrogen-bond donors (Lipinski definition) is 1. The number of amides is 1. The molecule has 9 nitrogen and oxygen atoms in total. The van der Waals surface area contributed by atoms with Crippen molar-refractivity contribution in [1.82, 2.24) is 10.1 Å². The fourth-order valence-corrected chi connectivity index (χ4v) is 5.30. The molecule has 1 N–H and O–H groups in total. The van der Waals surface area contributed by atoms with E-state index >= 15 is 0 Å². The summed E-state index contributed by atoms with van der Waals surface area (Å²) in [5.41, 5.74) is 1.54. The molecule has 11 heteroatoms. The number of methoxy groups -OCH3 is 1. The second kappa shape index (κ2) is 10.7. The summed E-state index contributed by atoms with van der Waals surface area (Å²) in [6.45, 7) is 4.81. The molecule has 0 bridgehead atoms. The Hall–Kier alpha value is -3.37. The average molecular weight is 530 g/mol. The molecule has 2 aromatic carbocycles. The van der Waals surface area contributed by atoms with Crippen LogP contribution in [0.25, 0.3) is 11.3 Å². The largest absolute Gasteiger partial charge is 0.493 e. The smallest absolute Gasteiger partial charge is 0.325 e. The number of fused-ring (bicyclic) bond motifs is 3. The van der Waals surface area contributed by atoms with E-state index in [1.165, 1.54) is 43.5 Å². The maximum absolute atomic E-state index is 13.4. The lowest BCUT2D eigenvalue weighted by Gasteiger charge is -2.31. The van der Waals surface area contributed by atoms with E-state index in [0.29, 0.717) is 27.7 Å². The molecule has 0 aliphatic carbocycles. The molecule has 0 saturated carbocycles. The molecule has 4 rings (SSSR count). The van der Waals surface area contributed by atoms with Crippen molar-refractivity contribution in [3.8, 4) is 22.8 Å². The molecule has 0 fully saturated rings. The Labute approximate surface area is 217 Å². The van der Waals surface area contributed by atoms with Crippen LogP contribution in [-0.2, 0) is 9.59 Å². The van der Waals surface area contributed by atoms with Crippen LogP contribution in [0, 0.1) is 0 Å². The van der Waals surface area contributed by atoms with Gasteiger partial charge in [0.1, 0.15) is 0 Å². The normalized spacial score (nSPS) is 14.1. The third-order valence-electron chi connectivity index (χ3n) is 5.65. The van der Waals surface area contributed by atoms with Crippen LogP contribution in [0.4, 0.5) is 5.69 Å². The molecule has 1 aliphatic heterocycles. The van der Waals surface area contributed by atoms with Crippen LogP contribution in [0.5, 0.6) is 11.5 Å². The Morgan fingerprint density at radius 3 is 2.64 bits per heavy atom. The highest BCUT2D eigenvalue weighted by Crippen LogP contribution is 2.42. The standard InChI is InChI=1S/C25H25ClN4O5S/c1-5-6-11-36-25-27-23(33)22-16-9-7-8-10-19(16)29(14(2)31)24(30(22)28-25)17-12-20(34-4)21(13-18(17)26)35-15(3)32/h7-10,12-13,24H,5-6,11H2,1-4H3/p+1/t24-/m1/s1. The number of carbonyl (C=O) groups is 2. The van der Waals surface area contributed by atoms with Crippen LogP contribution in [0.2, 0.25) is 5.02 Å². The second-order valence-electron chi connectivity index (χ2n) is 8.15. The minimum atomic E-state index is -0.895. The van der Waals surface area contributed by atoms with Crippen molar-refractivity contribution < 1.29 is 23.7 Å². The molecule has 0 radical (unpaired) electrons. The van der Waals surface area contributed by atoms with E-state index in [1.54, 1.807) is 35.2 Å². The number of esters is 1. The first-order chi connectivity index (χ1) is 17.3. The fourth-order valence-electron chi connectivity index (χ4n) is 4.11. The van der Waals surface area contributed by atoms with Gasteiger partial charge in [-0.3, -0.25) is 19.4 Å². The van der Waals surface area contributed by atoms with Crippen LogP contribution in [0.1, 0.15) is 45.3 Å². The van der Waals surface area contributed by atoms with Crippen molar-refractivity contribution in [2.24, 2.45) is 0 Å². The van der Waals surface area contributed by atoms with Gasteiger partial charge in [-0.05, 0) is 29.3 Å². The van der Waals surface area contributed by atoms with Gasteiger partial charge in [0, 0.05) is 30.8 Å². The highest BCUT2D eigenvalue weighted by atomic mass is 35.5. The highest BCUT2D eigenvalue weighted by Gasteiger charge is 2.46. The maximum atomic E-state index is 13.4. The number of anilines is 1. The van der Waals surface area contributed by atoms with Crippen molar-refractivity contribution in [3.63, 3.8) is 0 Å². The number of para-hydroxylation sites is 1. The van der Waals surface area contributed by atoms with Crippen LogP contribution >= 0.6 is 23.4 Å². The number of ether oxygens (including phenoxy) is 2. The van der Waals surface area contributed by atoms with E-state index in [1.807, 2.05) is 0 Å². The van der Waals surface area contributed by atoms with Crippen LogP contribution in [0.3, 0.4) is 0 Å². The van der Waals surface area contributed by atoms with Crippen LogP contribution in [-0.4, -0.2) is 34.8 Å². The summed E-state index contributed by atoms with van der Waals surface area (Å²) in [6.07, 6.45) is 1.07. The highest BCUT2D eigenvalue weighted by molar-refractivity contribution is 7.99. The first kappa shape index (κ1) is 25.7. The summed E-state index contributed by atoms with van der Waals surface area (Å²) < 4.78 is 12.2. The summed E-state index contributed by atoms with van der Waals surface area (Å²) >= 11 is 8.14. The van der Waals surface area contributed by atoms with E-state index in [9.17, 15) is 14.4 Å². The maximum Gasteiger partial charge on any atom is 0.325 e. The Morgan fingerprint density at radius 2 is 1.97 bits per heavy atom. The molecule has 1 aliphatic rings. The van der Waals surface area contributed by atoms with Gasteiger partial charge in [-0.1, -0.05) is 48.8 Å². The van der Waals surface area contributed by atoms with Gasteiger partial charge >= 0.3 is 17.2 Å². The zero-order chi connectivity index (χ0) is 26.0. The lowest BCUT2D eigenvalue weighted by Crippen LogP contribution is -2.60. The van der Waals surface area contributed by atoms with Gasteiger partial charge in [0.05, 0.1) is 28.9 Å². The van der Waals surface area contributed by atoms with E-state index < -0.39 is 12.1 Å². The number of benzene rings is 2. The van der Waals surface area contributed by atoms with Gasteiger partial charge in [0.25, 0.3) is 6.17 Å². The summed E-state index contributed by atoms with van der Waals surface area (Å²) in [4.78, 5) is 42.4. The third-order valence-corrected chi connectivity index (χ3v) is 6.93. The van der Waals surface area contributed by atoms with Crippen molar-refractivity contribution in [3.05, 3.63) is 57.3 Å². The predicted molar refractivity (Wildman–Crippen MR) is 137 cm³/mol. The number of carbonyl (C=O) groups excluding carboxylic acids is 2. The second-order valence-corrected chi connectivity index (χ2v) is 9.64. The van der Waals surface area contributed by atoms with Gasteiger partial charge < -0.3 is 9.47 Å². The average Bonchev–Trinajstić information content (AvgIpc) is 2.83. The minimum Gasteiger partial charge on any atom is -0.493 e. The topological polar surface area (TPSA) is 105 Å². The number of unbranched alkanes of at least 4 members (excludes halogenated alkanes) is 1. The van der Waals surface area contributed by atoms with E-state index in [2.05, 4.69) is 11.9 Å². The zero-order valence-corrected chi connectivity index (χ0v) is 21.9. The van der Waals surface area contributed by atoms with E-state index in [4.69, 9.17) is 26.2 Å². The zero-order valence-electron chi connectivity index (χ0n) is 20.3. The number of nitrogens with one attached hydrogen (secondary N) is 1. The molecule has 0 spiro atoms. The molecule has 0 unspecified atom stereocenters. The summed E-state index contributed by atoms with van der Waals surface area (Å²) in [5, 5.41) is 5.39. The van der Waals surface area contributed by atoms with Gasteiger partial charge in [-0.25, -0.2) is 4.90 Å². The fraction of sp³-hybridized carbons (Fsp3) is 0.320. The van der Waals surface area contributed by atoms with Gasteiger partial charge in [0.15, 0.2) is 11.5 Å². The minimum absolute atomic E-state index is 0.143. The monoisotopic (exact) mass is 529 g/mol. The predicted octanol–water partition coefficient (Wildman–Crippen LogP) is 4.12. The number of aromatic nitrogens is 3. The van der Waals surface area contributed by atoms with Crippen LogP contribution in [0.15, 0.2) is 46.3 Å². The molecular weight excluding hydrogens is 504 g/mol. The van der Waals surface area contributed by atoms with Gasteiger partial charge in [-0.15, -0.1) is 0 Å².